The van der Waals surface area contributed by atoms with E-state index in [9.17, 15) is 9.59 Å². The summed E-state index contributed by atoms with van der Waals surface area (Å²) >= 11 is 8.90. The number of thioether (sulfide) groups is 1. The van der Waals surface area contributed by atoms with E-state index in [2.05, 4.69) is 11.9 Å². The zero-order valence-corrected chi connectivity index (χ0v) is 20.4. The first-order valence-electron chi connectivity index (χ1n) is 10.3. The van der Waals surface area contributed by atoms with Crippen molar-refractivity contribution in [1.82, 2.24) is 9.55 Å². The van der Waals surface area contributed by atoms with Gasteiger partial charge in [0.05, 0.1) is 23.9 Å². The number of aryl methyl sites for hydroxylation is 2. The number of methoxy groups -OCH3 is 1. The van der Waals surface area contributed by atoms with Gasteiger partial charge in [-0.1, -0.05) is 35.5 Å². The highest BCUT2D eigenvalue weighted by Crippen LogP contribution is 2.35. The number of carbonyl (C=O) groups excluding carboxylic acids is 1. The van der Waals surface area contributed by atoms with E-state index in [-0.39, 0.29) is 17.2 Å². The number of halogens is 1. The first-order valence-corrected chi connectivity index (χ1v) is 12.5. The molecule has 0 atom stereocenters. The van der Waals surface area contributed by atoms with Crippen LogP contribution in [0, 0.1) is 0 Å². The van der Waals surface area contributed by atoms with E-state index in [0.29, 0.717) is 28.2 Å². The molecule has 0 radical (unpaired) electrons. The van der Waals surface area contributed by atoms with Gasteiger partial charge in [-0.05, 0) is 56.4 Å². The molecule has 0 saturated carbocycles. The van der Waals surface area contributed by atoms with Crippen LogP contribution in [-0.2, 0) is 24.2 Å². The molecule has 2 heterocycles. The largest absolute Gasteiger partial charge is 0.495 e. The molecule has 0 bridgehead atoms. The Kier molecular flexibility index (Phi) is 6.93. The number of fused-ring (bicyclic) bond motifs is 3. The molecule has 0 saturated heterocycles. The number of carbonyl (C=O) groups is 1. The van der Waals surface area contributed by atoms with E-state index in [1.807, 2.05) is 6.92 Å². The minimum absolute atomic E-state index is 0.0446. The van der Waals surface area contributed by atoms with Crippen molar-refractivity contribution in [3.05, 3.63) is 56.2 Å². The Morgan fingerprint density at radius 3 is 2.91 bits per heavy atom. The van der Waals surface area contributed by atoms with Crippen LogP contribution in [-0.4, -0.2) is 28.3 Å². The number of hydrogen-bond donors (Lipinski definition) is 1. The van der Waals surface area contributed by atoms with E-state index >= 15 is 0 Å². The van der Waals surface area contributed by atoms with Crippen molar-refractivity contribution in [2.24, 2.45) is 0 Å². The highest BCUT2D eigenvalue weighted by atomic mass is 35.5. The second kappa shape index (κ2) is 9.68. The molecular formula is C23H24ClN3O3S2. The number of aromatic nitrogens is 2. The van der Waals surface area contributed by atoms with Gasteiger partial charge in [0.1, 0.15) is 10.6 Å². The molecule has 1 amide bonds. The van der Waals surface area contributed by atoms with Crippen LogP contribution in [0.2, 0.25) is 5.02 Å². The summed E-state index contributed by atoms with van der Waals surface area (Å²) in [6.45, 7) is 6.22. The summed E-state index contributed by atoms with van der Waals surface area (Å²) < 4.78 is 6.93. The fraction of sp³-hybridized carbons (Fsp3) is 0.348. The van der Waals surface area contributed by atoms with Crippen molar-refractivity contribution < 1.29 is 9.53 Å². The lowest BCUT2D eigenvalue weighted by Crippen LogP contribution is -2.25. The number of anilines is 1. The molecule has 168 valence electrons. The van der Waals surface area contributed by atoms with Gasteiger partial charge < -0.3 is 10.1 Å². The third-order valence-electron chi connectivity index (χ3n) is 5.24. The van der Waals surface area contributed by atoms with E-state index in [0.717, 1.165) is 47.0 Å². The summed E-state index contributed by atoms with van der Waals surface area (Å²) in [6.07, 6.45) is 4.18. The molecule has 1 N–H and O–H groups in total. The van der Waals surface area contributed by atoms with Crippen molar-refractivity contribution in [2.75, 3.05) is 18.2 Å². The fourth-order valence-electron chi connectivity index (χ4n) is 3.83. The molecule has 3 aromatic rings. The van der Waals surface area contributed by atoms with Crippen LogP contribution in [0.15, 0.2) is 40.3 Å². The van der Waals surface area contributed by atoms with Crippen molar-refractivity contribution in [2.45, 2.75) is 44.3 Å². The molecule has 1 aliphatic rings. The third kappa shape index (κ3) is 4.72. The summed E-state index contributed by atoms with van der Waals surface area (Å²) in [7, 11) is 1.53. The number of nitrogens with one attached hydrogen (secondary N) is 1. The Morgan fingerprint density at radius 2 is 2.16 bits per heavy atom. The quantitative estimate of drug-likeness (QED) is 0.277. The number of thiophene rings is 1. The SMILES string of the molecule is C=C(C)Cn1c(SCC(=O)Nc2cc(Cl)ccc2OC)nc2sc3c(c2c1=O)CCCC3. The standard InChI is InChI=1S/C23H24ClN3O3S2/c1-13(2)11-27-22(29)20-15-6-4-5-7-18(15)32-21(20)26-23(27)31-12-19(28)25-16-10-14(24)8-9-17(16)30-3/h8-10H,1,4-7,11-12H2,2-3H3,(H,25,28). The molecule has 4 rings (SSSR count). The fourth-order valence-corrected chi connectivity index (χ4v) is 6.11. The third-order valence-corrected chi connectivity index (χ3v) is 7.63. The maximum Gasteiger partial charge on any atom is 0.263 e. The minimum Gasteiger partial charge on any atom is -0.495 e. The Morgan fingerprint density at radius 1 is 1.38 bits per heavy atom. The predicted octanol–water partition coefficient (Wildman–Crippen LogP) is 5.31. The number of allylic oxidation sites excluding steroid dienone is 1. The molecule has 0 aliphatic heterocycles. The van der Waals surface area contributed by atoms with Gasteiger partial charge in [0.2, 0.25) is 5.91 Å². The van der Waals surface area contributed by atoms with E-state index < -0.39 is 0 Å². The number of ether oxygens (including phenoxy) is 1. The van der Waals surface area contributed by atoms with Gasteiger partial charge in [0.15, 0.2) is 5.16 Å². The summed E-state index contributed by atoms with van der Waals surface area (Å²) in [5.41, 5.74) is 2.47. The van der Waals surface area contributed by atoms with Crippen molar-refractivity contribution >= 4 is 56.5 Å². The number of rotatable bonds is 7. The van der Waals surface area contributed by atoms with Crippen molar-refractivity contribution in [3.8, 4) is 5.75 Å². The number of nitrogens with zero attached hydrogens (tertiary/aromatic N) is 2. The topological polar surface area (TPSA) is 73.2 Å². The smallest absolute Gasteiger partial charge is 0.263 e. The molecule has 1 aliphatic carbocycles. The highest BCUT2D eigenvalue weighted by Gasteiger charge is 2.22. The molecular weight excluding hydrogens is 466 g/mol. The van der Waals surface area contributed by atoms with E-state index in [1.54, 1.807) is 34.1 Å². The lowest BCUT2D eigenvalue weighted by Gasteiger charge is -2.14. The second-order valence-corrected chi connectivity index (χ2v) is 10.3. The number of benzene rings is 1. The van der Waals surface area contributed by atoms with Gasteiger partial charge >= 0.3 is 0 Å². The zero-order chi connectivity index (χ0) is 22.8. The Balaban J connectivity index is 1.62. The van der Waals surface area contributed by atoms with Gasteiger partial charge in [-0.15, -0.1) is 11.3 Å². The molecule has 32 heavy (non-hydrogen) atoms. The van der Waals surface area contributed by atoms with E-state index in [4.69, 9.17) is 21.3 Å². The highest BCUT2D eigenvalue weighted by molar-refractivity contribution is 7.99. The zero-order valence-electron chi connectivity index (χ0n) is 18.0. The number of hydrogen-bond acceptors (Lipinski definition) is 6. The molecule has 0 unspecified atom stereocenters. The summed E-state index contributed by atoms with van der Waals surface area (Å²) in [5.74, 6) is 0.377. The lowest BCUT2D eigenvalue weighted by atomic mass is 9.97. The van der Waals surface area contributed by atoms with Crippen molar-refractivity contribution in [1.29, 1.82) is 0 Å². The molecule has 9 heteroatoms. The van der Waals surface area contributed by atoms with Crippen LogP contribution < -0.4 is 15.6 Å². The van der Waals surface area contributed by atoms with Gasteiger partial charge in [0, 0.05) is 16.4 Å². The van der Waals surface area contributed by atoms with Gasteiger partial charge in [-0.25, -0.2) is 4.98 Å². The van der Waals surface area contributed by atoms with Gasteiger partial charge in [-0.2, -0.15) is 0 Å². The summed E-state index contributed by atoms with van der Waals surface area (Å²) in [5, 5.41) is 4.59. The molecule has 1 aromatic carbocycles. The number of amides is 1. The van der Waals surface area contributed by atoms with Crippen LogP contribution >= 0.6 is 34.7 Å². The predicted molar refractivity (Wildman–Crippen MR) is 133 cm³/mol. The maximum atomic E-state index is 13.4. The van der Waals surface area contributed by atoms with Gasteiger partial charge in [0.25, 0.3) is 5.56 Å². The summed E-state index contributed by atoms with van der Waals surface area (Å²) in [4.78, 5) is 32.9. The average molecular weight is 490 g/mol. The van der Waals surface area contributed by atoms with Crippen LogP contribution in [0.1, 0.15) is 30.2 Å². The molecule has 0 spiro atoms. The Labute approximate surface area is 199 Å². The van der Waals surface area contributed by atoms with Crippen LogP contribution in [0.25, 0.3) is 10.2 Å². The second-order valence-electron chi connectivity index (χ2n) is 7.82. The monoisotopic (exact) mass is 489 g/mol. The molecule has 0 fully saturated rings. The Hall–Kier alpha value is -2.29. The van der Waals surface area contributed by atoms with Crippen LogP contribution in [0.3, 0.4) is 0 Å². The molecule has 6 nitrogen and oxygen atoms in total. The van der Waals surface area contributed by atoms with Crippen LogP contribution in [0.5, 0.6) is 5.75 Å². The summed E-state index contributed by atoms with van der Waals surface area (Å²) in [6, 6.07) is 5.03. The lowest BCUT2D eigenvalue weighted by molar-refractivity contribution is -0.113. The maximum absolute atomic E-state index is 13.4. The Bertz CT molecular complexity index is 1270. The molecule has 2 aromatic heterocycles. The minimum atomic E-state index is -0.239. The van der Waals surface area contributed by atoms with Gasteiger partial charge in [-0.3, -0.25) is 14.2 Å². The normalized spacial score (nSPS) is 13.1. The first kappa shape index (κ1) is 22.9. The van der Waals surface area contributed by atoms with Crippen LogP contribution in [0.4, 0.5) is 5.69 Å². The average Bonchev–Trinajstić information content (AvgIpc) is 3.13. The first-order chi connectivity index (χ1) is 15.4. The van der Waals surface area contributed by atoms with Crippen molar-refractivity contribution in [3.63, 3.8) is 0 Å². The van der Waals surface area contributed by atoms with E-state index in [1.165, 1.54) is 23.7 Å².